The Morgan fingerprint density at radius 1 is 1.40 bits per heavy atom. The fourth-order valence-corrected chi connectivity index (χ4v) is 1.12. The van der Waals surface area contributed by atoms with Gasteiger partial charge in [-0.3, -0.25) is 4.79 Å². The normalized spacial score (nSPS) is 11.3. The molecule has 1 rings (SSSR count). The second-order valence-electron chi connectivity index (χ2n) is 2.79. The molecule has 0 saturated heterocycles. The van der Waals surface area contributed by atoms with E-state index >= 15 is 0 Å². The first-order valence-electron chi connectivity index (χ1n) is 3.89. The van der Waals surface area contributed by atoms with Crippen LogP contribution in [0.15, 0.2) is 23.1 Å². The van der Waals surface area contributed by atoms with Gasteiger partial charge in [-0.1, -0.05) is 6.07 Å². The maximum atomic E-state index is 11.9. The number of carbonyl (C=O) groups is 1. The number of ether oxygens (including phenoxy) is 1. The maximum absolute atomic E-state index is 11.9. The van der Waals surface area contributed by atoms with Gasteiger partial charge in [-0.2, -0.15) is 0 Å². The monoisotopic (exact) mass is 236 g/mol. The van der Waals surface area contributed by atoms with Crippen molar-refractivity contribution < 1.29 is 22.7 Å². The topological polar surface area (TPSA) is 26.3 Å². The van der Waals surface area contributed by atoms with E-state index in [1.54, 1.807) is 0 Å². The van der Waals surface area contributed by atoms with E-state index in [1.807, 2.05) is 0 Å². The van der Waals surface area contributed by atoms with Gasteiger partial charge in [-0.15, -0.1) is 25.8 Å². The molecule has 0 fully saturated rings. The third-order valence-corrected chi connectivity index (χ3v) is 1.96. The lowest BCUT2D eigenvalue weighted by molar-refractivity contribution is -0.275. The SMILES string of the molecule is CC(=O)c1ccc(S)c(OC(F)(F)F)c1. The van der Waals surface area contributed by atoms with Crippen LogP contribution in [0.1, 0.15) is 17.3 Å². The van der Waals surface area contributed by atoms with Crippen molar-refractivity contribution in [2.24, 2.45) is 0 Å². The fraction of sp³-hybridized carbons (Fsp3) is 0.222. The summed E-state index contributed by atoms with van der Waals surface area (Å²) in [5.41, 5.74) is 0.145. The van der Waals surface area contributed by atoms with Crippen molar-refractivity contribution in [3.8, 4) is 5.75 Å². The van der Waals surface area contributed by atoms with Crippen molar-refractivity contribution >= 4 is 18.4 Å². The van der Waals surface area contributed by atoms with Gasteiger partial charge in [-0.05, 0) is 19.1 Å². The Hall–Kier alpha value is -1.17. The number of halogens is 3. The Kier molecular flexibility index (Phi) is 3.28. The minimum Gasteiger partial charge on any atom is -0.405 e. The van der Waals surface area contributed by atoms with E-state index in [1.165, 1.54) is 19.1 Å². The second kappa shape index (κ2) is 4.14. The summed E-state index contributed by atoms with van der Waals surface area (Å²) in [6.07, 6.45) is -4.78. The number of ketones is 1. The zero-order valence-corrected chi connectivity index (χ0v) is 8.52. The predicted molar refractivity (Wildman–Crippen MR) is 50.4 cm³/mol. The highest BCUT2D eigenvalue weighted by Crippen LogP contribution is 2.29. The van der Waals surface area contributed by atoms with Crippen molar-refractivity contribution in [3.05, 3.63) is 23.8 Å². The van der Waals surface area contributed by atoms with Crippen LogP contribution in [0.5, 0.6) is 5.75 Å². The molecule has 82 valence electrons. The summed E-state index contributed by atoms with van der Waals surface area (Å²) < 4.78 is 39.4. The highest BCUT2D eigenvalue weighted by Gasteiger charge is 2.32. The molecular formula is C9H7F3O2S. The average Bonchev–Trinajstić information content (AvgIpc) is 2.06. The van der Waals surface area contributed by atoms with Crippen LogP contribution in [0.2, 0.25) is 0 Å². The van der Waals surface area contributed by atoms with Crippen molar-refractivity contribution in [3.63, 3.8) is 0 Å². The van der Waals surface area contributed by atoms with Gasteiger partial charge in [0.05, 0.1) is 0 Å². The summed E-state index contributed by atoms with van der Waals surface area (Å²) in [5, 5.41) is 0. The van der Waals surface area contributed by atoms with E-state index in [0.29, 0.717) is 0 Å². The quantitative estimate of drug-likeness (QED) is 0.631. The van der Waals surface area contributed by atoms with Crippen LogP contribution in [-0.4, -0.2) is 12.1 Å². The summed E-state index contributed by atoms with van der Waals surface area (Å²) >= 11 is 3.79. The number of benzene rings is 1. The van der Waals surface area contributed by atoms with Crippen LogP contribution in [-0.2, 0) is 0 Å². The Labute approximate surface area is 89.5 Å². The smallest absolute Gasteiger partial charge is 0.405 e. The maximum Gasteiger partial charge on any atom is 0.573 e. The molecule has 2 nitrogen and oxygen atoms in total. The molecule has 0 aromatic heterocycles. The largest absolute Gasteiger partial charge is 0.573 e. The van der Waals surface area contributed by atoms with Crippen LogP contribution in [0, 0.1) is 0 Å². The van der Waals surface area contributed by atoms with Gasteiger partial charge in [0.1, 0.15) is 5.75 Å². The van der Waals surface area contributed by atoms with Gasteiger partial charge in [0, 0.05) is 10.5 Å². The molecular weight excluding hydrogens is 229 g/mol. The number of alkyl halides is 3. The number of carbonyl (C=O) groups excluding carboxylic acids is 1. The molecule has 0 aliphatic rings. The molecule has 1 aromatic rings. The average molecular weight is 236 g/mol. The Bertz CT molecular complexity index is 387. The van der Waals surface area contributed by atoms with E-state index in [4.69, 9.17) is 0 Å². The van der Waals surface area contributed by atoms with Crippen LogP contribution in [0.25, 0.3) is 0 Å². The number of hydrogen-bond donors (Lipinski definition) is 1. The van der Waals surface area contributed by atoms with Crippen molar-refractivity contribution in [1.82, 2.24) is 0 Å². The first-order chi connectivity index (χ1) is 6.79. The Morgan fingerprint density at radius 3 is 2.47 bits per heavy atom. The van der Waals surface area contributed by atoms with Crippen LogP contribution in [0.4, 0.5) is 13.2 Å². The summed E-state index contributed by atoms with van der Waals surface area (Å²) in [5.74, 6) is -0.811. The Balaban J connectivity index is 3.06. The van der Waals surface area contributed by atoms with Gasteiger partial charge in [0.25, 0.3) is 0 Å². The van der Waals surface area contributed by atoms with E-state index in [2.05, 4.69) is 17.4 Å². The number of rotatable bonds is 2. The molecule has 1 aromatic carbocycles. The van der Waals surface area contributed by atoms with E-state index in [9.17, 15) is 18.0 Å². The molecule has 15 heavy (non-hydrogen) atoms. The second-order valence-corrected chi connectivity index (χ2v) is 3.27. The minimum absolute atomic E-state index is 0.0253. The van der Waals surface area contributed by atoms with Gasteiger partial charge >= 0.3 is 6.36 Å². The summed E-state index contributed by atoms with van der Waals surface area (Å²) in [7, 11) is 0. The third kappa shape index (κ3) is 3.47. The highest BCUT2D eigenvalue weighted by atomic mass is 32.1. The van der Waals surface area contributed by atoms with Crippen LogP contribution in [0.3, 0.4) is 0 Å². The molecule has 6 heteroatoms. The first-order valence-corrected chi connectivity index (χ1v) is 4.34. The highest BCUT2D eigenvalue weighted by molar-refractivity contribution is 7.80. The molecule has 0 bridgehead atoms. The van der Waals surface area contributed by atoms with Gasteiger partial charge in [-0.25, -0.2) is 0 Å². The molecule has 0 saturated carbocycles. The fourth-order valence-electron chi connectivity index (χ4n) is 0.940. The molecule has 0 aliphatic carbocycles. The lowest BCUT2D eigenvalue weighted by Gasteiger charge is -2.11. The minimum atomic E-state index is -4.78. The number of thiol groups is 1. The molecule has 0 aliphatic heterocycles. The Morgan fingerprint density at radius 2 is 2.00 bits per heavy atom. The molecule has 0 spiro atoms. The summed E-state index contributed by atoms with van der Waals surface area (Å²) in [6, 6.07) is 3.67. The number of hydrogen-bond acceptors (Lipinski definition) is 3. The predicted octanol–water partition coefficient (Wildman–Crippen LogP) is 3.08. The van der Waals surface area contributed by atoms with Crippen LogP contribution >= 0.6 is 12.6 Å². The van der Waals surface area contributed by atoms with Crippen molar-refractivity contribution in [2.45, 2.75) is 18.2 Å². The number of Topliss-reactive ketones (excluding diaryl/α,β-unsaturated/α-hetero) is 1. The lowest BCUT2D eigenvalue weighted by atomic mass is 10.1. The lowest BCUT2D eigenvalue weighted by Crippen LogP contribution is -2.17. The summed E-state index contributed by atoms with van der Waals surface area (Å²) in [4.78, 5) is 10.9. The molecule has 0 heterocycles. The van der Waals surface area contributed by atoms with Crippen molar-refractivity contribution in [2.75, 3.05) is 0 Å². The molecule has 0 atom stereocenters. The van der Waals surface area contributed by atoms with Gasteiger partial charge in [0.2, 0.25) is 0 Å². The molecule has 0 unspecified atom stereocenters. The molecule has 0 N–H and O–H groups in total. The van der Waals surface area contributed by atoms with E-state index in [-0.39, 0.29) is 16.2 Å². The third-order valence-electron chi connectivity index (χ3n) is 1.59. The molecule has 0 radical (unpaired) electrons. The van der Waals surface area contributed by atoms with Crippen molar-refractivity contribution in [1.29, 1.82) is 0 Å². The van der Waals surface area contributed by atoms with E-state index < -0.39 is 12.1 Å². The van der Waals surface area contributed by atoms with Crippen LogP contribution < -0.4 is 4.74 Å². The zero-order valence-electron chi connectivity index (χ0n) is 7.63. The van der Waals surface area contributed by atoms with Gasteiger partial charge in [0.15, 0.2) is 5.78 Å². The molecule has 0 amide bonds. The van der Waals surface area contributed by atoms with E-state index in [0.717, 1.165) is 6.07 Å². The zero-order chi connectivity index (χ0) is 11.6. The van der Waals surface area contributed by atoms with Gasteiger partial charge < -0.3 is 4.74 Å². The first kappa shape index (κ1) is 11.9. The summed E-state index contributed by atoms with van der Waals surface area (Å²) in [6.45, 7) is 1.25. The standard InChI is InChI=1S/C9H7F3O2S/c1-5(13)6-2-3-8(15)7(4-6)14-9(10,11)12/h2-4,15H,1H3.